The fourth-order valence-corrected chi connectivity index (χ4v) is 2.56. The molecule has 1 aliphatic rings. The molecule has 1 saturated heterocycles. The molecular weight excluding hydrogens is 266 g/mol. The van der Waals surface area contributed by atoms with Gasteiger partial charge in [-0.25, -0.2) is 0 Å². The maximum atomic E-state index is 5.70. The molecule has 2 aromatic rings. The van der Waals surface area contributed by atoms with Crippen LogP contribution in [-0.2, 0) is 0 Å². The Balaban J connectivity index is 1.79. The van der Waals surface area contributed by atoms with Crippen LogP contribution in [-0.4, -0.2) is 29.3 Å². The summed E-state index contributed by atoms with van der Waals surface area (Å²) in [5, 5.41) is 7.51. The van der Waals surface area contributed by atoms with Gasteiger partial charge in [-0.15, -0.1) is 0 Å². The van der Waals surface area contributed by atoms with Gasteiger partial charge in [0.15, 0.2) is 5.82 Å². The number of nitrogens with one attached hydrogen (secondary N) is 1. The van der Waals surface area contributed by atoms with Crippen LogP contribution < -0.4 is 10.1 Å². The third kappa shape index (κ3) is 3.42. The molecule has 1 aromatic heterocycles. The van der Waals surface area contributed by atoms with E-state index in [1.807, 2.05) is 38.1 Å². The predicted molar refractivity (Wildman–Crippen MR) is 80.3 cm³/mol. The largest absolute Gasteiger partial charge is 0.491 e. The van der Waals surface area contributed by atoms with Crippen LogP contribution in [0.4, 0.5) is 0 Å². The number of nitrogens with zero attached hydrogens (tertiary/aromatic N) is 2. The summed E-state index contributed by atoms with van der Waals surface area (Å²) in [5.41, 5.74) is 0.899. The second kappa shape index (κ2) is 6.26. The summed E-state index contributed by atoms with van der Waals surface area (Å²) < 4.78 is 11.1. The van der Waals surface area contributed by atoms with Crippen LogP contribution in [0, 0.1) is 0 Å². The molecule has 1 aromatic carbocycles. The first-order chi connectivity index (χ1) is 10.2. The Morgan fingerprint density at radius 2 is 2.29 bits per heavy atom. The Labute approximate surface area is 124 Å². The SMILES string of the molecule is CC(C)Oc1cccc(-c2nc(C3CCCNC3)no2)c1. The van der Waals surface area contributed by atoms with Gasteiger partial charge >= 0.3 is 0 Å². The van der Waals surface area contributed by atoms with E-state index in [2.05, 4.69) is 15.5 Å². The lowest BCUT2D eigenvalue weighted by Gasteiger charge is -2.19. The summed E-state index contributed by atoms with van der Waals surface area (Å²) in [7, 11) is 0. The van der Waals surface area contributed by atoms with Crippen molar-refractivity contribution in [3.05, 3.63) is 30.1 Å². The van der Waals surface area contributed by atoms with Crippen LogP contribution in [0.2, 0.25) is 0 Å². The van der Waals surface area contributed by atoms with Crippen molar-refractivity contribution in [1.29, 1.82) is 0 Å². The van der Waals surface area contributed by atoms with Gasteiger partial charge in [0.2, 0.25) is 0 Å². The zero-order chi connectivity index (χ0) is 14.7. The van der Waals surface area contributed by atoms with Crippen LogP contribution in [0.5, 0.6) is 5.75 Å². The van der Waals surface area contributed by atoms with E-state index in [1.54, 1.807) is 0 Å². The van der Waals surface area contributed by atoms with Gasteiger partial charge in [0.1, 0.15) is 5.75 Å². The van der Waals surface area contributed by atoms with Gasteiger partial charge in [0.25, 0.3) is 5.89 Å². The van der Waals surface area contributed by atoms with Crippen molar-refractivity contribution in [2.75, 3.05) is 13.1 Å². The van der Waals surface area contributed by atoms with Crippen LogP contribution in [0.25, 0.3) is 11.5 Å². The van der Waals surface area contributed by atoms with Crippen molar-refractivity contribution in [3.63, 3.8) is 0 Å². The van der Waals surface area contributed by atoms with Crippen molar-refractivity contribution in [2.45, 2.75) is 38.7 Å². The molecule has 0 spiro atoms. The van der Waals surface area contributed by atoms with Gasteiger partial charge in [-0.3, -0.25) is 0 Å². The van der Waals surface area contributed by atoms with Gasteiger partial charge in [-0.2, -0.15) is 4.98 Å². The van der Waals surface area contributed by atoms with Gasteiger partial charge in [0, 0.05) is 18.0 Å². The van der Waals surface area contributed by atoms with Crippen LogP contribution in [0.15, 0.2) is 28.8 Å². The van der Waals surface area contributed by atoms with Crippen molar-refractivity contribution < 1.29 is 9.26 Å². The summed E-state index contributed by atoms with van der Waals surface area (Å²) in [6, 6.07) is 7.78. The normalized spacial score (nSPS) is 18.9. The standard InChI is InChI=1S/C16H21N3O2/c1-11(2)20-14-7-3-5-12(9-14)16-18-15(19-21-16)13-6-4-8-17-10-13/h3,5,7,9,11,13,17H,4,6,8,10H2,1-2H3. The topological polar surface area (TPSA) is 60.2 Å². The minimum absolute atomic E-state index is 0.145. The molecule has 0 amide bonds. The predicted octanol–water partition coefficient (Wildman–Crippen LogP) is 2.99. The number of piperidine rings is 1. The molecule has 5 nitrogen and oxygen atoms in total. The number of aromatic nitrogens is 2. The van der Waals surface area contributed by atoms with E-state index in [0.29, 0.717) is 11.8 Å². The quantitative estimate of drug-likeness (QED) is 0.936. The lowest BCUT2D eigenvalue weighted by Crippen LogP contribution is -2.28. The maximum absolute atomic E-state index is 5.70. The molecular formula is C16H21N3O2. The monoisotopic (exact) mass is 287 g/mol. The highest BCUT2D eigenvalue weighted by Gasteiger charge is 2.21. The van der Waals surface area contributed by atoms with E-state index < -0.39 is 0 Å². The number of hydrogen-bond donors (Lipinski definition) is 1. The first kappa shape index (κ1) is 14.1. The number of rotatable bonds is 4. The Bertz CT molecular complexity index is 589. The van der Waals surface area contributed by atoms with Crippen molar-refractivity contribution in [1.82, 2.24) is 15.5 Å². The molecule has 112 valence electrons. The molecule has 1 N–H and O–H groups in total. The molecule has 3 rings (SSSR count). The summed E-state index contributed by atoms with van der Waals surface area (Å²) >= 11 is 0. The minimum Gasteiger partial charge on any atom is -0.491 e. The maximum Gasteiger partial charge on any atom is 0.258 e. The molecule has 1 fully saturated rings. The van der Waals surface area contributed by atoms with E-state index in [9.17, 15) is 0 Å². The average Bonchev–Trinajstić information content (AvgIpc) is 2.98. The molecule has 0 aliphatic carbocycles. The van der Waals surface area contributed by atoms with Gasteiger partial charge in [0.05, 0.1) is 6.10 Å². The van der Waals surface area contributed by atoms with Gasteiger partial charge < -0.3 is 14.6 Å². The van der Waals surface area contributed by atoms with Crippen LogP contribution >= 0.6 is 0 Å². The minimum atomic E-state index is 0.145. The first-order valence-electron chi connectivity index (χ1n) is 7.54. The number of ether oxygens (including phenoxy) is 1. The van der Waals surface area contributed by atoms with Crippen molar-refractivity contribution in [2.24, 2.45) is 0 Å². The molecule has 1 atom stereocenters. The van der Waals surface area contributed by atoms with Gasteiger partial charge in [-0.05, 0) is 51.4 Å². The Morgan fingerprint density at radius 1 is 1.38 bits per heavy atom. The zero-order valence-corrected chi connectivity index (χ0v) is 12.5. The Morgan fingerprint density at radius 3 is 3.05 bits per heavy atom. The lowest BCUT2D eigenvalue weighted by atomic mass is 9.99. The smallest absolute Gasteiger partial charge is 0.258 e. The highest BCUT2D eigenvalue weighted by molar-refractivity contribution is 5.55. The molecule has 1 aliphatic heterocycles. The van der Waals surface area contributed by atoms with Crippen molar-refractivity contribution >= 4 is 0 Å². The van der Waals surface area contributed by atoms with Crippen LogP contribution in [0.3, 0.4) is 0 Å². The summed E-state index contributed by atoms with van der Waals surface area (Å²) in [4.78, 5) is 4.55. The lowest BCUT2D eigenvalue weighted by molar-refractivity contribution is 0.242. The average molecular weight is 287 g/mol. The highest BCUT2D eigenvalue weighted by Crippen LogP contribution is 2.26. The van der Waals surface area contributed by atoms with E-state index >= 15 is 0 Å². The summed E-state index contributed by atoms with van der Waals surface area (Å²) in [6.45, 7) is 6.02. The van der Waals surface area contributed by atoms with Gasteiger partial charge in [-0.1, -0.05) is 11.2 Å². The molecule has 1 unspecified atom stereocenters. The summed E-state index contributed by atoms with van der Waals surface area (Å²) in [5.74, 6) is 2.53. The highest BCUT2D eigenvalue weighted by atomic mass is 16.5. The van der Waals surface area contributed by atoms with Crippen LogP contribution in [0.1, 0.15) is 38.4 Å². The molecule has 0 bridgehead atoms. The third-order valence-corrected chi connectivity index (χ3v) is 3.56. The summed E-state index contributed by atoms with van der Waals surface area (Å²) in [6.07, 6.45) is 2.42. The fourth-order valence-electron chi connectivity index (χ4n) is 2.56. The van der Waals surface area contributed by atoms with E-state index in [1.165, 1.54) is 0 Å². The molecule has 2 heterocycles. The molecule has 21 heavy (non-hydrogen) atoms. The second-order valence-electron chi connectivity index (χ2n) is 5.70. The first-order valence-corrected chi connectivity index (χ1v) is 7.54. The molecule has 0 radical (unpaired) electrons. The van der Waals surface area contributed by atoms with E-state index in [-0.39, 0.29) is 6.10 Å². The zero-order valence-electron chi connectivity index (χ0n) is 12.5. The van der Waals surface area contributed by atoms with E-state index in [4.69, 9.17) is 9.26 Å². The Kier molecular flexibility index (Phi) is 4.20. The third-order valence-electron chi connectivity index (χ3n) is 3.56. The fraction of sp³-hybridized carbons (Fsp3) is 0.500. The Hall–Kier alpha value is -1.88. The molecule has 5 heteroatoms. The second-order valence-corrected chi connectivity index (χ2v) is 5.70. The van der Waals surface area contributed by atoms with E-state index in [0.717, 1.165) is 43.1 Å². The van der Waals surface area contributed by atoms with Crippen molar-refractivity contribution in [3.8, 4) is 17.2 Å². The molecule has 0 saturated carbocycles. The number of hydrogen-bond acceptors (Lipinski definition) is 5. The number of benzene rings is 1.